The lowest BCUT2D eigenvalue weighted by Crippen LogP contribution is -2.22. The molecule has 2 N–H and O–H groups in total. The average molecular weight is 215 g/mol. The van der Waals surface area contributed by atoms with E-state index < -0.39 is 0 Å². The van der Waals surface area contributed by atoms with Gasteiger partial charge in [-0.2, -0.15) is 0 Å². The van der Waals surface area contributed by atoms with Crippen LogP contribution in [0.4, 0.5) is 0 Å². The van der Waals surface area contributed by atoms with E-state index in [0.717, 1.165) is 11.1 Å². The number of aromatic amines is 1. The van der Waals surface area contributed by atoms with Crippen molar-refractivity contribution in [2.45, 2.75) is 13.5 Å². The normalized spacial score (nSPS) is 10.1. The van der Waals surface area contributed by atoms with Gasteiger partial charge < -0.3 is 10.3 Å². The summed E-state index contributed by atoms with van der Waals surface area (Å²) < 4.78 is 0. The Hall–Kier alpha value is -2.10. The molecule has 0 bridgehead atoms. The van der Waals surface area contributed by atoms with E-state index in [9.17, 15) is 4.79 Å². The van der Waals surface area contributed by atoms with E-state index >= 15 is 0 Å². The molecule has 0 atom stereocenters. The van der Waals surface area contributed by atoms with Crippen LogP contribution in [-0.4, -0.2) is 15.9 Å². The van der Waals surface area contributed by atoms with Gasteiger partial charge in [0.2, 0.25) is 0 Å². The van der Waals surface area contributed by atoms with Crippen LogP contribution in [0.3, 0.4) is 0 Å². The summed E-state index contributed by atoms with van der Waals surface area (Å²) in [7, 11) is 0. The quantitative estimate of drug-likeness (QED) is 0.817. The highest BCUT2D eigenvalue weighted by atomic mass is 16.1. The maximum Gasteiger partial charge on any atom is 0.253 e. The SMILES string of the molecule is Cc1c[nH]cc1C(=O)NCc1ccncc1. The van der Waals surface area contributed by atoms with E-state index in [1.54, 1.807) is 24.8 Å². The van der Waals surface area contributed by atoms with Crippen LogP contribution in [0.5, 0.6) is 0 Å². The van der Waals surface area contributed by atoms with Crippen LogP contribution in [0, 0.1) is 6.92 Å². The van der Waals surface area contributed by atoms with Crippen LogP contribution in [0.1, 0.15) is 21.5 Å². The molecular formula is C12H13N3O. The first kappa shape index (κ1) is 10.4. The lowest BCUT2D eigenvalue weighted by atomic mass is 10.2. The number of hydrogen-bond acceptors (Lipinski definition) is 2. The first-order valence-corrected chi connectivity index (χ1v) is 5.08. The second-order valence-electron chi connectivity index (χ2n) is 3.59. The first-order chi connectivity index (χ1) is 7.77. The van der Waals surface area contributed by atoms with Crippen LogP contribution in [0.25, 0.3) is 0 Å². The molecule has 0 fully saturated rings. The van der Waals surface area contributed by atoms with Crippen molar-refractivity contribution in [1.82, 2.24) is 15.3 Å². The smallest absolute Gasteiger partial charge is 0.253 e. The summed E-state index contributed by atoms with van der Waals surface area (Å²) in [5.74, 6) is -0.0597. The summed E-state index contributed by atoms with van der Waals surface area (Å²) in [5.41, 5.74) is 2.68. The highest BCUT2D eigenvalue weighted by molar-refractivity contribution is 5.95. The monoisotopic (exact) mass is 215 g/mol. The third kappa shape index (κ3) is 2.28. The van der Waals surface area contributed by atoms with Gasteiger partial charge in [-0.05, 0) is 30.2 Å². The van der Waals surface area contributed by atoms with Crippen LogP contribution < -0.4 is 5.32 Å². The van der Waals surface area contributed by atoms with Crippen molar-refractivity contribution >= 4 is 5.91 Å². The second-order valence-corrected chi connectivity index (χ2v) is 3.59. The molecule has 2 heterocycles. The van der Waals surface area contributed by atoms with Gasteiger partial charge in [-0.1, -0.05) is 0 Å². The molecular weight excluding hydrogens is 202 g/mol. The van der Waals surface area contributed by atoms with E-state index in [1.165, 1.54) is 0 Å². The maximum atomic E-state index is 11.8. The number of hydrogen-bond donors (Lipinski definition) is 2. The minimum atomic E-state index is -0.0597. The maximum absolute atomic E-state index is 11.8. The zero-order valence-corrected chi connectivity index (χ0v) is 9.03. The summed E-state index contributed by atoms with van der Waals surface area (Å²) >= 11 is 0. The van der Waals surface area contributed by atoms with Crippen LogP contribution in [0.15, 0.2) is 36.9 Å². The van der Waals surface area contributed by atoms with Crippen molar-refractivity contribution in [3.05, 3.63) is 53.6 Å². The van der Waals surface area contributed by atoms with Crippen molar-refractivity contribution in [1.29, 1.82) is 0 Å². The number of nitrogens with zero attached hydrogens (tertiary/aromatic N) is 1. The Morgan fingerprint density at radius 1 is 1.38 bits per heavy atom. The molecule has 0 saturated heterocycles. The van der Waals surface area contributed by atoms with E-state index in [1.807, 2.05) is 19.1 Å². The molecule has 16 heavy (non-hydrogen) atoms. The van der Waals surface area contributed by atoms with Gasteiger partial charge in [0, 0.05) is 31.3 Å². The van der Waals surface area contributed by atoms with Crippen LogP contribution in [0.2, 0.25) is 0 Å². The number of H-pyrrole nitrogens is 1. The fourth-order valence-electron chi connectivity index (χ4n) is 1.46. The highest BCUT2D eigenvalue weighted by Gasteiger charge is 2.08. The molecule has 2 aromatic heterocycles. The van der Waals surface area contributed by atoms with Crippen molar-refractivity contribution in [2.75, 3.05) is 0 Å². The van der Waals surface area contributed by atoms with Crippen LogP contribution >= 0.6 is 0 Å². The molecule has 4 nitrogen and oxygen atoms in total. The zero-order chi connectivity index (χ0) is 11.4. The van der Waals surface area contributed by atoms with Crippen molar-refractivity contribution < 1.29 is 4.79 Å². The van der Waals surface area contributed by atoms with Crippen molar-refractivity contribution in [3.63, 3.8) is 0 Å². The number of nitrogens with one attached hydrogen (secondary N) is 2. The summed E-state index contributed by atoms with van der Waals surface area (Å²) in [6.07, 6.45) is 6.94. The van der Waals surface area contributed by atoms with Gasteiger partial charge in [-0.3, -0.25) is 9.78 Å². The molecule has 2 aromatic rings. The van der Waals surface area contributed by atoms with E-state index in [4.69, 9.17) is 0 Å². The number of carbonyl (C=O) groups excluding carboxylic acids is 1. The Bertz CT molecular complexity index is 476. The number of amides is 1. The van der Waals surface area contributed by atoms with E-state index in [2.05, 4.69) is 15.3 Å². The molecule has 0 spiro atoms. The first-order valence-electron chi connectivity index (χ1n) is 5.08. The Morgan fingerprint density at radius 2 is 2.12 bits per heavy atom. The summed E-state index contributed by atoms with van der Waals surface area (Å²) in [6.45, 7) is 2.42. The molecule has 0 radical (unpaired) electrons. The number of pyridine rings is 1. The standard InChI is InChI=1S/C12H13N3O/c1-9-6-14-8-11(9)12(16)15-7-10-2-4-13-5-3-10/h2-6,8,14H,7H2,1H3,(H,15,16). The Labute approximate surface area is 93.7 Å². The number of aromatic nitrogens is 2. The lowest BCUT2D eigenvalue weighted by molar-refractivity contribution is 0.0950. The van der Waals surface area contributed by atoms with Gasteiger partial charge in [0.15, 0.2) is 0 Å². The van der Waals surface area contributed by atoms with Gasteiger partial charge in [-0.15, -0.1) is 0 Å². The molecule has 2 rings (SSSR count). The van der Waals surface area contributed by atoms with E-state index in [-0.39, 0.29) is 5.91 Å². The topological polar surface area (TPSA) is 57.8 Å². The summed E-state index contributed by atoms with van der Waals surface area (Å²) in [4.78, 5) is 18.6. The van der Waals surface area contributed by atoms with Gasteiger partial charge >= 0.3 is 0 Å². The molecule has 0 aliphatic heterocycles. The summed E-state index contributed by atoms with van der Waals surface area (Å²) in [5, 5.41) is 2.86. The molecule has 1 amide bonds. The van der Waals surface area contributed by atoms with Crippen LogP contribution in [-0.2, 0) is 6.54 Å². The third-order valence-corrected chi connectivity index (χ3v) is 2.40. The predicted molar refractivity (Wildman–Crippen MR) is 60.9 cm³/mol. The third-order valence-electron chi connectivity index (χ3n) is 2.40. The average Bonchev–Trinajstić information content (AvgIpc) is 2.74. The van der Waals surface area contributed by atoms with E-state index in [0.29, 0.717) is 12.1 Å². The lowest BCUT2D eigenvalue weighted by Gasteiger charge is -2.04. The fraction of sp³-hybridized carbons (Fsp3) is 0.167. The molecule has 0 unspecified atom stereocenters. The Morgan fingerprint density at radius 3 is 2.75 bits per heavy atom. The number of rotatable bonds is 3. The number of carbonyl (C=O) groups is 1. The highest BCUT2D eigenvalue weighted by Crippen LogP contribution is 2.05. The summed E-state index contributed by atoms with van der Waals surface area (Å²) in [6, 6.07) is 3.76. The largest absolute Gasteiger partial charge is 0.367 e. The van der Waals surface area contributed by atoms with Crippen molar-refractivity contribution in [3.8, 4) is 0 Å². The predicted octanol–water partition coefficient (Wildman–Crippen LogP) is 1.65. The second kappa shape index (κ2) is 4.61. The fourth-order valence-corrected chi connectivity index (χ4v) is 1.46. The Balaban J connectivity index is 1.97. The number of aryl methyl sites for hydroxylation is 1. The zero-order valence-electron chi connectivity index (χ0n) is 9.03. The molecule has 0 aliphatic carbocycles. The van der Waals surface area contributed by atoms with Gasteiger partial charge in [0.25, 0.3) is 5.91 Å². The minimum absolute atomic E-state index is 0.0597. The molecule has 0 saturated carbocycles. The van der Waals surface area contributed by atoms with Gasteiger partial charge in [0.1, 0.15) is 0 Å². The van der Waals surface area contributed by atoms with Gasteiger partial charge in [0.05, 0.1) is 5.56 Å². The minimum Gasteiger partial charge on any atom is -0.367 e. The molecule has 0 aliphatic rings. The molecule has 4 heteroatoms. The van der Waals surface area contributed by atoms with Gasteiger partial charge in [-0.25, -0.2) is 0 Å². The molecule has 0 aromatic carbocycles. The molecule has 82 valence electrons. The Kier molecular flexibility index (Phi) is 3.00. The van der Waals surface area contributed by atoms with Crippen molar-refractivity contribution in [2.24, 2.45) is 0 Å².